The molecule has 2 N–H and O–H groups in total. The molecule has 0 fully saturated rings. The molecular weight excluding hydrogens is 270 g/mol. The van der Waals surface area contributed by atoms with E-state index < -0.39 is 16.3 Å². The van der Waals surface area contributed by atoms with E-state index in [9.17, 15) is 13.2 Å². The number of nitrogens with one attached hydrogen (secondary N) is 2. The molecule has 0 saturated heterocycles. The Bertz CT molecular complexity index is 532. The molecule has 1 amide bonds. The molecule has 94 valence electrons. The molecule has 0 atom stereocenters. The van der Waals surface area contributed by atoms with Crippen molar-refractivity contribution in [3.8, 4) is 0 Å². The number of halogens is 1. The first-order valence-electron chi connectivity index (χ1n) is 4.34. The average Bonchev–Trinajstić information content (AvgIpc) is 2.22. The van der Waals surface area contributed by atoms with Crippen LogP contribution in [-0.2, 0) is 14.9 Å². The Balaban J connectivity index is 2.83. The van der Waals surface area contributed by atoms with E-state index in [1.165, 1.54) is 12.3 Å². The molecule has 9 heteroatoms. The van der Waals surface area contributed by atoms with Gasteiger partial charge in [0.2, 0.25) is 0 Å². The summed E-state index contributed by atoms with van der Waals surface area (Å²) in [7, 11) is -2.98. The van der Waals surface area contributed by atoms with Gasteiger partial charge >= 0.3 is 16.3 Å². The Morgan fingerprint density at radius 2 is 2.18 bits per heavy atom. The van der Waals surface area contributed by atoms with Gasteiger partial charge in [0.05, 0.1) is 19.0 Å². The van der Waals surface area contributed by atoms with E-state index in [1.54, 1.807) is 11.6 Å². The van der Waals surface area contributed by atoms with Crippen molar-refractivity contribution in [2.45, 2.75) is 6.92 Å². The highest BCUT2D eigenvalue weighted by molar-refractivity contribution is 7.91. The molecule has 0 aliphatic rings. The summed E-state index contributed by atoms with van der Waals surface area (Å²) in [4.78, 5) is 14.5. The molecule has 7 nitrogen and oxygen atoms in total. The number of hydrogen-bond donors (Lipinski definition) is 2. The lowest BCUT2D eigenvalue weighted by atomic mass is 10.3. The highest BCUT2D eigenvalue weighted by Gasteiger charge is 2.14. The van der Waals surface area contributed by atoms with Crippen LogP contribution in [0.4, 0.5) is 10.5 Å². The summed E-state index contributed by atoms with van der Waals surface area (Å²) in [5.74, 6) is 0. The third-order valence-corrected chi connectivity index (χ3v) is 3.01. The van der Waals surface area contributed by atoms with Crippen LogP contribution in [0.2, 0.25) is 5.15 Å². The van der Waals surface area contributed by atoms with Gasteiger partial charge in [0, 0.05) is 0 Å². The van der Waals surface area contributed by atoms with Crippen LogP contribution in [-0.4, -0.2) is 26.6 Å². The number of amides is 1. The normalized spacial score (nSPS) is 10.8. The van der Waals surface area contributed by atoms with Crippen molar-refractivity contribution in [3.05, 3.63) is 23.0 Å². The number of aryl methyl sites for hydroxylation is 1. The minimum absolute atomic E-state index is 0.184. The van der Waals surface area contributed by atoms with Gasteiger partial charge < -0.3 is 4.74 Å². The van der Waals surface area contributed by atoms with Crippen LogP contribution in [0.1, 0.15) is 5.56 Å². The van der Waals surface area contributed by atoms with Crippen LogP contribution in [0.15, 0.2) is 12.3 Å². The van der Waals surface area contributed by atoms with Crippen molar-refractivity contribution in [2.24, 2.45) is 0 Å². The predicted octanol–water partition coefficient (Wildman–Crippen LogP) is 1.06. The Kier molecular flexibility index (Phi) is 4.13. The summed E-state index contributed by atoms with van der Waals surface area (Å²) in [6.45, 7) is 1.67. The van der Waals surface area contributed by atoms with E-state index in [-0.39, 0.29) is 10.8 Å². The van der Waals surface area contributed by atoms with Gasteiger partial charge in [0.25, 0.3) is 0 Å². The Morgan fingerprint density at radius 1 is 1.53 bits per heavy atom. The SMILES string of the molecule is COC(=O)NS(=O)(=O)Nc1cnc(Cl)c(C)c1. The smallest absolute Gasteiger partial charge is 0.422 e. The first-order chi connectivity index (χ1) is 7.84. The lowest BCUT2D eigenvalue weighted by Gasteiger charge is -2.08. The van der Waals surface area contributed by atoms with E-state index in [0.717, 1.165) is 7.11 Å². The van der Waals surface area contributed by atoms with Crippen LogP contribution in [0, 0.1) is 6.92 Å². The third-order valence-electron chi connectivity index (χ3n) is 1.67. The zero-order valence-electron chi connectivity index (χ0n) is 9.02. The van der Waals surface area contributed by atoms with Crippen molar-refractivity contribution < 1.29 is 17.9 Å². The maximum Gasteiger partial charge on any atom is 0.422 e. The van der Waals surface area contributed by atoms with Gasteiger partial charge in [-0.15, -0.1) is 0 Å². The van der Waals surface area contributed by atoms with Crippen molar-refractivity contribution >= 4 is 33.6 Å². The second-order valence-electron chi connectivity index (χ2n) is 3.03. The number of carbonyl (C=O) groups excluding carboxylic acids is 1. The highest BCUT2D eigenvalue weighted by Crippen LogP contribution is 2.16. The van der Waals surface area contributed by atoms with Crippen molar-refractivity contribution in [2.75, 3.05) is 11.8 Å². The van der Waals surface area contributed by atoms with E-state index in [4.69, 9.17) is 11.6 Å². The molecule has 0 unspecified atom stereocenters. The topological polar surface area (TPSA) is 97.4 Å². The highest BCUT2D eigenvalue weighted by atomic mass is 35.5. The molecule has 0 saturated carbocycles. The fraction of sp³-hybridized carbons (Fsp3) is 0.250. The average molecular weight is 280 g/mol. The van der Waals surface area contributed by atoms with Gasteiger partial charge in [0.15, 0.2) is 0 Å². The van der Waals surface area contributed by atoms with Gasteiger partial charge in [-0.05, 0) is 18.6 Å². The van der Waals surface area contributed by atoms with Crippen LogP contribution in [0.5, 0.6) is 0 Å². The number of ether oxygens (including phenoxy) is 1. The minimum atomic E-state index is -4.03. The molecule has 0 bridgehead atoms. The van der Waals surface area contributed by atoms with Crippen molar-refractivity contribution in [1.82, 2.24) is 9.71 Å². The number of anilines is 1. The molecule has 1 aromatic rings. The summed E-state index contributed by atoms with van der Waals surface area (Å²) in [6.07, 6.45) is 0.141. The van der Waals surface area contributed by atoms with Gasteiger partial charge in [-0.2, -0.15) is 8.42 Å². The molecule has 0 aliphatic carbocycles. The standard InChI is InChI=1S/C8H10ClN3O4S/c1-5-3-6(4-10-7(5)9)11-17(14,15)12-8(13)16-2/h3-4,11H,1-2H3,(H,12,13). The second kappa shape index (κ2) is 5.19. The molecular formula is C8H10ClN3O4S. The molecule has 0 radical (unpaired) electrons. The van der Waals surface area contributed by atoms with Gasteiger partial charge in [-0.1, -0.05) is 11.6 Å². The Labute approximate surface area is 103 Å². The summed E-state index contributed by atoms with van der Waals surface area (Å²) in [5.41, 5.74) is 0.785. The molecule has 0 aromatic carbocycles. The van der Waals surface area contributed by atoms with E-state index in [1.807, 2.05) is 0 Å². The summed E-state index contributed by atoms with van der Waals surface area (Å²) >= 11 is 5.68. The van der Waals surface area contributed by atoms with E-state index in [2.05, 4.69) is 14.4 Å². The van der Waals surface area contributed by atoms with Crippen LogP contribution in [0.3, 0.4) is 0 Å². The fourth-order valence-electron chi connectivity index (χ4n) is 0.946. The fourth-order valence-corrected chi connectivity index (χ4v) is 1.83. The maximum atomic E-state index is 11.4. The molecule has 0 aliphatic heterocycles. The Morgan fingerprint density at radius 3 is 2.71 bits per heavy atom. The molecule has 1 heterocycles. The van der Waals surface area contributed by atoms with Crippen LogP contribution in [0.25, 0.3) is 0 Å². The van der Waals surface area contributed by atoms with Crippen molar-refractivity contribution in [3.63, 3.8) is 0 Å². The summed E-state index contributed by atoms with van der Waals surface area (Å²) in [5, 5.41) is 0.272. The summed E-state index contributed by atoms with van der Waals surface area (Å²) in [6, 6.07) is 1.48. The first kappa shape index (κ1) is 13.5. The third kappa shape index (κ3) is 4.08. The molecule has 0 spiro atoms. The van der Waals surface area contributed by atoms with E-state index >= 15 is 0 Å². The minimum Gasteiger partial charge on any atom is -0.452 e. The molecule has 1 rings (SSSR count). The summed E-state index contributed by atoms with van der Waals surface area (Å²) < 4.78 is 30.6. The zero-order chi connectivity index (χ0) is 13.1. The van der Waals surface area contributed by atoms with Gasteiger partial charge in [-0.3, -0.25) is 4.72 Å². The maximum absolute atomic E-state index is 11.4. The molecule has 1 aromatic heterocycles. The van der Waals surface area contributed by atoms with Gasteiger partial charge in [0.1, 0.15) is 5.15 Å². The van der Waals surface area contributed by atoms with Crippen molar-refractivity contribution in [1.29, 1.82) is 0 Å². The van der Waals surface area contributed by atoms with Crippen LogP contribution < -0.4 is 9.44 Å². The second-order valence-corrected chi connectivity index (χ2v) is 4.80. The zero-order valence-corrected chi connectivity index (χ0v) is 10.6. The number of carbonyl (C=O) groups is 1. The first-order valence-corrected chi connectivity index (χ1v) is 6.21. The number of nitrogens with zero attached hydrogens (tertiary/aromatic N) is 1. The van der Waals surface area contributed by atoms with Gasteiger partial charge in [-0.25, -0.2) is 14.5 Å². The number of aromatic nitrogens is 1. The van der Waals surface area contributed by atoms with E-state index in [0.29, 0.717) is 5.56 Å². The Hall–Kier alpha value is -1.54. The monoisotopic (exact) mass is 279 g/mol. The number of pyridine rings is 1. The largest absolute Gasteiger partial charge is 0.452 e. The molecule has 17 heavy (non-hydrogen) atoms. The van der Waals surface area contributed by atoms with Crippen LogP contribution >= 0.6 is 11.6 Å². The lowest BCUT2D eigenvalue weighted by Crippen LogP contribution is -2.35. The number of hydrogen-bond acceptors (Lipinski definition) is 5. The predicted molar refractivity (Wildman–Crippen MR) is 62.1 cm³/mol. The number of rotatable bonds is 3. The lowest BCUT2D eigenvalue weighted by molar-refractivity contribution is 0.177. The number of methoxy groups -OCH3 is 1. The quantitative estimate of drug-likeness (QED) is 0.806.